The highest BCUT2D eigenvalue weighted by Crippen LogP contribution is 2.33. The average molecular weight is 409 g/mol. The first-order valence-corrected chi connectivity index (χ1v) is 9.63. The van der Waals surface area contributed by atoms with Crippen LogP contribution in [0.5, 0.6) is 5.75 Å². The molecule has 8 heteroatoms. The highest BCUT2D eigenvalue weighted by molar-refractivity contribution is 7.95. The van der Waals surface area contributed by atoms with Crippen molar-refractivity contribution < 1.29 is 26.7 Å². The van der Waals surface area contributed by atoms with Gasteiger partial charge in [0.2, 0.25) is 9.84 Å². The molecule has 0 atom stereocenters. The van der Waals surface area contributed by atoms with Crippen molar-refractivity contribution >= 4 is 15.9 Å². The van der Waals surface area contributed by atoms with Crippen LogP contribution in [0.25, 0.3) is 6.08 Å². The number of halogens is 3. The van der Waals surface area contributed by atoms with Gasteiger partial charge < -0.3 is 5.11 Å². The maximum atomic E-state index is 12.7. The van der Waals surface area contributed by atoms with Gasteiger partial charge in [-0.3, -0.25) is 0 Å². The molecule has 2 rings (SSSR count). The summed E-state index contributed by atoms with van der Waals surface area (Å²) in [6.07, 6.45) is -3.47. The van der Waals surface area contributed by atoms with Gasteiger partial charge in [-0.1, -0.05) is 26.8 Å². The Morgan fingerprint density at radius 3 is 2.11 bits per heavy atom. The number of benzene rings is 2. The lowest BCUT2D eigenvalue weighted by atomic mass is 9.85. The second kappa shape index (κ2) is 7.32. The second-order valence-electron chi connectivity index (χ2n) is 7.17. The number of nitriles is 1. The predicted molar refractivity (Wildman–Crippen MR) is 99.0 cm³/mol. The van der Waals surface area contributed by atoms with E-state index in [-0.39, 0.29) is 5.75 Å². The van der Waals surface area contributed by atoms with Crippen LogP contribution >= 0.6 is 0 Å². The highest BCUT2D eigenvalue weighted by atomic mass is 32.2. The average Bonchev–Trinajstić information content (AvgIpc) is 2.59. The molecule has 4 nitrogen and oxygen atoms in total. The number of phenols is 1. The molecule has 0 unspecified atom stereocenters. The van der Waals surface area contributed by atoms with Crippen molar-refractivity contribution in [1.29, 1.82) is 5.26 Å². The van der Waals surface area contributed by atoms with Gasteiger partial charge in [0.05, 0.1) is 10.5 Å². The minimum absolute atomic E-state index is 0.0359. The Morgan fingerprint density at radius 1 is 1.07 bits per heavy atom. The standard InChI is InChI=1S/C20H18F3NO3S/c1-19(2,3)17-11-13(4-9-18(17)25)10-16(12-24)28(26,27)15-7-5-14(6-8-15)20(21,22)23/h4-11,25H,1-3H3/b16-10-. The van der Waals surface area contributed by atoms with Crippen LogP contribution in [0, 0.1) is 11.3 Å². The zero-order chi connectivity index (χ0) is 21.3. The molecule has 0 aliphatic rings. The number of allylic oxidation sites excluding steroid dienone is 1. The Labute approximate surface area is 161 Å². The molecule has 0 aliphatic carbocycles. The molecule has 0 amide bonds. The molecule has 0 spiro atoms. The molecule has 0 aromatic heterocycles. The van der Waals surface area contributed by atoms with Crippen LogP contribution in [0.4, 0.5) is 13.2 Å². The van der Waals surface area contributed by atoms with E-state index in [1.54, 1.807) is 12.1 Å². The lowest BCUT2D eigenvalue weighted by Crippen LogP contribution is -2.11. The zero-order valence-electron chi connectivity index (χ0n) is 15.4. The minimum Gasteiger partial charge on any atom is -0.508 e. The maximum Gasteiger partial charge on any atom is 0.416 e. The smallest absolute Gasteiger partial charge is 0.416 e. The normalized spacial score (nSPS) is 13.2. The van der Waals surface area contributed by atoms with E-state index in [2.05, 4.69) is 0 Å². The highest BCUT2D eigenvalue weighted by Gasteiger charge is 2.31. The third-order valence-electron chi connectivity index (χ3n) is 4.02. The van der Waals surface area contributed by atoms with Crippen molar-refractivity contribution in [1.82, 2.24) is 0 Å². The Hall–Kier alpha value is -2.79. The van der Waals surface area contributed by atoms with Gasteiger partial charge in [0, 0.05) is 0 Å². The zero-order valence-corrected chi connectivity index (χ0v) is 16.2. The fourth-order valence-electron chi connectivity index (χ4n) is 2.52. The van der Waals surface area contributed by atoms with E-state index in [9.17, 15) is 32.0 Å². The number of phenolic OH excluding ortho intramolecular Hbond substituents is 1. The molecular weight excluding hydrogens is 391 g/mol. The Kier molecular flexibility index (Phi) is 5.62. The molecule has 2 aromatic carbocycles. The van der Waals surface area contributed by atoms with Crippen LogP contribution in [0.3, 0.4) is 0 Å². The number of hydrogen-bond donors (Lipinski definition) is 1. The fourth-order valence-corrected chi connectivity index (χ4v) is 3.68. The summed E-state index contributed by atoms with van der Waals surface area (Å²) < 4.78 is 63.3. The lowest BCUT2D eigenvalue weighted by Gasteiger charge is -2.20. The molecule has 0 fully saturated rings. The number of alkyl halides is 3. The summed E-state index contributed by atoms with van der Waals surface area (Å²) in [5, 5.41) is 19.3. The molecule has 0 aliphatic heterocycles. The van der Waals surface area contributed by atoms with Crippen molar-refractivity contribution in [3.05, 3.63) is 64.1 Å². The van der Waals surface area contributed by atoms with E-state index in [1.165, 1.54) is 12.1 Å². The summed E-state index contributed by atoms with van der Waals surface area (Å²) in [5.74, 6) is 0.0359. The van der Waals surface area contributed by atoms with Crippen LogP contribution in [-0.2, 0) is 21.4 Å². The van der Waals surface area contributed by atoms with Gasteiger partial charge in [0.1, 0.15) is 16.7 Å². The van der Waals surface area contributed by atoms with Gasteiger partial charge in [-0.25, -0.2) is 8.42 Å². The molecule has 0 saturated heterocycles. The van der Waals surface area contributed by atoms with E-state index in [0.29, 0.717) is 23.3 Å². The fraction of sp³-hybridized carbons (Fsp3) is 0.250. The Balaban J connectivity index is 2.51. The van der Waals surface area contributed by atoms with Crippen LogP contribution < -0.4 is 0 Å². The van der Waals surface area contributed by atoms with Gasteiger partial charge in [-0.2, -0.15) is 18.4 Å². The number of sulfone groups is 1. The first-order valence-electron chi connectivity index (χ1n) is 8.14. The van der Waals surface area contributed by atoms with Crippen molar-refractivity contribution in [2.45, 2.75) is 37.3 Å². The quantitative estimate of drug-likeness (QED) is 0.720. The molecule has 148 valence electrons. The molecular formula is C20H18F3NO3S. The van der Waals surface area contributed by atoms with E-state index < -0.39 is 36.8 Å². The van der Waals surface area contributed by atoms with Crippen LogP contribution in [0.15, 0.2) is 52.3 Å². The van der Waals surface area contributed by atoms with Gasteiger partial charge >= 0.3 is 6.18 Å². The maximum absolute atomic E-state index is 12.7. The second-order valence-corrected chi connectivity index (χ2v) is 9.09. The van der Waals surface area contributed by atoms with Crippen molar-refractivity contribution in [2.24, 2.45) is 0 Å². The van der Waals surface area contributed by atoms with E-state index >= 15 is 0 Å². The van der Waals surface area contributed by atoms with Crippen LogP contribution in [-0.4, -0.2) is 13.5 Å². The number of rotatable bonds is 3. The summed E-state index contributed by atoms with van der Waals surface area (Å²) in [5.41, 5.74) is -0.477. The summed E-state index contributed by atoms with van der Waals surface area (Å²) >= 11 is 0. The summed E-state index contributed by atoms with van der Waals surface area (Å²) in [6, 6.07) is 8.95. The van der Waals surface area contributed by atoms with E-state index in [0.717, 1.165) is 18.2 Å². The van der Waals surface area contributed by atoms with Crippen LogP contribution in [0.2, 0.25) is 0 Å². The van der Waals surface area contributed by atoms with Crippen molar-refractivity contribution in [2.75, 3.05) is 0 Å². The van der Waals surface area contributed by atoms with Crippen LogP contribution in [0.1, 0.15) is 37.5 Å². The predicted octanol–water partition coefficient (Wildman–Crippen LogP) is 5.05. The largest absolute Gasteiger partial charge is 0.508 e. The lowest BCUT2D eigenvalue weighted by molar-refractivity contribution is -0.137. The Morgan fingerprint density at radius 2 is 1.64 bits per heavy atom. The molecule has 1 N–H and O–H groups in total. The summed E-state index contributed by atoms with van der Waals surface area (Å²) in [7, 11) is -4.30. The topological polar surface area (TPSA) is 78.2 Å². The van der Waals surface area contributed by atoms with E-state index in [1.807, 2.05) is 20.8 Å². The molecule has 0 radical (unpaired) electrons. The molecule has 2 aromatic rings. The van der Waals surface area contributed by atoms with Gasteiger partial charge in [0.25, 0.3) is 0 Å². The molecule has 0 bridgehead atoms. The number of aromatic hydroxyl groups is 1. The Bertz CT molecular complexity index is 1060. The summed E-state index contributed by atoms with van der Waals surface area (Å²) in [4.78, 5) is -1.03. The summed E-state index contributed by atoms with van der Waals surface area (Å²) in [6.45, 7) is 5.58. The van der Waals surface area contributed by atoms with Gasteiger partial charge in [-0.15, -0.1) is 0 Å². The van der Waals surface area contributed by atoms with Gasteiger partial charge in [-0.05, 0) is 59.0 Å². The first-order chi connectivity index (χ1) is 12.8. The molecule has 0 saturated carbocycles. The SMILES string of the molecule is CC(C)(C)c1cc(/C=C(/C#N)S(=O)(=O)c2ccc(C(F)(F)F)cc2)ccc1O. The molecule has 0 heterocycles. The monoisotopic (exact) mass is 409 g/mol. The third kappa shape index (κ3) is 4.54. The van der Waals surface area contributed by atoms with Gasteiger partial charge in [0.15, 0.2) is 0 Å². The van der Waals surface area contributed by atoms with E-state index in [4.69, 9.17) is 0 Å². The number of nitrogens with zero attached hydrogens (tertiary/aromatic N) is 1. The van der Waals surface area contributed by atoms with Crippen molar-refractivity contribution in [3.63, 3.8) is 0 Å². The minimum atomic E-state index is -4.59. The molecule has 28 heavy (non-hydrogen) atoms. The first kappa shape index (κ1) is 21.5. The number of hydrogen-bond acceptors (Lipinski definition) is 4. The third-order valence-corrected chi connectivity index (χ3v) is 5.70. The van der Waals surface area contributed by atoms with Crippen molar-refractivity contribution in [3.8, 4) is 11.8 Å².